The molecule has 0 saturated carbocycles. The first-order valence-electron chi connectivity index (χ1n) is 5.39. The highest BCUT2D eigenvalue weighted by Gasteiger charge is 2.07. The number of benzene rings is 1. The number of fused-ring (bicyclic) bond motifs is 1. The van der Waals surface area contributed by atoms with E-state index in [1.165, 1.54) is 0 Å². The molecule has 0 saturated heterocycles. The zero-order chi connectivity index (χ0) is 12.5. The van der Waals surface area contributed by atoms with Crippen molar-refractivity contribution in [2.24, 2.45) is 0 Å². The van der Waals surface area contributed by atoms with Gasteiger partial charge in [0, 0.05) is 5.39 Å². The highest BCUT2D eigenvalue weighted by atomic mass is 15.3. The molecule has 0 unspecified atom stereocenters. The summed E-state index contributed by atoms with van der Waals surface area (Å²) in [5.41, 5.74) is 7.18. The Kier molecular flexibility index (Phi) is 2.21. The van der Waals surface area contributed by atoms with Gasteiger partial charge >= 0.3 is 0 Å². The van der Waals surface area contributed by atoms with E-state index in [1.54, 1.807) is 23.0 Å². The Balaban J connectivity index is 2.24. The summed E-state index contributed by atoms with van der Waals surface area (Å²) in [5.74, 6) is 0.585. The SMILES string of the molecule is N#Cc1nc(-n2ncc3ccccc32)ccc1N. The molecule has 86 valence electrons. The summed E-state index contributed by atoms with van der Waals surface area (Å²) in [7, 11) is 0. The maximum absolute atomic E-state index is 8.93. The lowest BCUT2D eigenvalue weighted by Gasteiger charge is -2.04. The van der Waals surface area contributed by atoms with Crippen molar-refractivity contribution in [1.82, 2.24) is 14.8 Å². The highest BCUT2D eigenvalue weighted by Crippen LogP contribution is 2.18. The largest absolute Gasteiger partial charge is 0.396 e. The quantitative estimate of drug-likeness (QED) is 0.698. The van der Waals surface area contributed by atoms with E-state index < -0.39 is 0 Å². The monoisotopic (exact) mass is 235 g/mol. The lowest BCUT2D eigenvalue weighted by atomic mass is 10.2. The van der Waals surface area contributed by atoms with Crippen LogP contribution in [-0.2, 0) is 0 Å². The van der Waals surface area contributed by atoms with Crippen LogP contribution in [0.4, 0.5) is 5.69 Å². The van der Waals surface area contributed by atoms with Crippen molar-refractivity contribution in [2.45, 2.75) is 0 Å². The van der Waals surface area contributed by atoms with Gasteiger partial charge < -0.3 is 5.73 Å². The molecule has 0 bridgehead atoms. The van der Waals surface area contributed by atoms with Crippen LogP contribution in [0.1, 0.15) is 5.69 Å². The average molecular weight is 235 g/mol. The van der Waals surface area contributed by atoms with Gasteiger partial charge in [-0.25, -0.2) is 9.67 Å². The lowest BCUT2D eigenvalue weighted by Crippen LogP contribution is -2.02. The van der Waals surface area contributed by atoms with Gasteiger partial charge in [-0.05, 0) is 18.2 Å². The number of hydrogen-bond acceptors (Lipinski definition) is 4. The first kappa shape index (κ1) is 10.3. The first-order valence-corrected chi connectivity index (χ1v) is 5.39. The third kappa shape index (κ3) is 1.48. The standard InChI is InChI=1S/C13H9N5/c14-7-11-10(15)5-6-13(17-11)18-12-4-2-1-3-9(12)8-16-18/h1-6,8H,15H2. The summed E-state index contributed by atoms with van der Waals surface area (Å²) in [6.45, 7) is 0. The summed E-state index contributed by atoms with van der Waals surface area (Å²) in [6, 6.07) is 13.2. The highest BCUT2D eigenvalue weighted by molar-refractivity contribution is 5.79. The van der Waals surface area contributed by atoms with Gasteiger partial charge in [0.05, 0.1) is 17.4 Å². The Morgan fingerprint density at radius 1 is 1.17 bits per heavy atom. The van der Waals surface area contributed by atoms with Crippen LogP contribution < -0.4 is 5.73 Å². The van der Waals surface area contributed by atoms with E-state index in [0.29, 0.717) is 11.5 Å². The molecule has 0 aliphatic heterocycles. The summed E-state index contributed by atoms with van der Waals surface area (Å²) in [5, 5.41) is 14.2. The van der Waals surface area contributed by atoms with Crippen molar-refractivity contribution in [2.75, 3.05) is 5.73 Å². The molecule has 3 aromatic rings. The number of anilines is 1. The van der Waals surface area contributed by atoms with Gasteiger partial charge in [-0.2, -0.15) is 10.4 Å². The minimum absolute atomic E-state index is 0.215. The Bertz CT molecular complexity index is 766. The van der Waals surface area contributed by atoms with E-state index in [0.717, 1.165) is 10.9 Å². The van der Waals surface area contributed by atoms with Crippen LogP contribution in [-0.4, -0.2) is 14.8 Å². The molecule has 18 heavy (non-hydrogen) atoms. The molecule has 0 amide bonds. The molecule has 0 atom stereocenters. The summed E-state index contributed by atoms with van der Waals surface area (Å²) in [6.07, 6.45) is 1.76. The van der Waals surface area contributed by atoms with E-state index in [4.69, 9.17) is 11.0 Å². The summed E-state index contributed by atoms with van der Waals surface area (Å²) in [4.78, 5) is 4.20. The predicted octanol–water partition coefficient (Wildman–Crippen LogP) is 1.87. The van der Waals surface area contributed by atoms with Gasteiger partial charge in [-0.3, -0.25) is 0 Å². The van der Waals surface area contributed by atoms with Crippen LogP contribution in [0.15, 0.2) is 42.6 Å². The molecule has 5 heteroatoms. The van der Waals surface area contributed by atoms with Crippen LogP contribution in [0.2, 0.25) is 0 Å². The van der Waals surface area contributed by atoms with Crippen molar-refractivity contribution in [3.63, 3.8) is 0 Å². The number of aromatic nitrogens is 3. The van der Waals surface area contributed by atoms with E-state index in [2.05, 4.69) is 10.1 Å². The Morgan fingerprint density at radius 3 is 2.83 bits per heavy atom. The number of pyridine rings is 1. The maximum Gasteiger partial charge on any atom is 0.165 e. The number of rotatable bonds is 1. The van der Waals surface area contributed by atoms with Crippen LogP contribution >= 0.6 is 0 Å². The molecule has 5 nitrogen and oxygen atoms in total. The zero-order valence-electron chi connectivity index (χ0n) is 9.41. The molecule has 0 spiro atoms. The molecule has 0 aliphatic rings. The minimum Gasteiger partial charge on any atom is -0.396 e. The summed E-state index contributed by atoms with van der Waals surface area (Å²) < 4.78 is 1.69. The smallest absolute Gasteiger partial charge is 0.165 e. The number of nitrogen functional groups attached to an aromatic ring is 1. The molecule has 2 N–H and O–H groups in total. The number of hydrogen-bond donors (Lipinski definition) is 1. The van der Waals surface area contributed by atoms with Crippen LogP contribution in [0.3, 0.4) is 0 Å². The molecule has 2 heterocycles. The maximum atomic E-state index is 8.93. The first-order chi connectivity index (χ1) is 8.79. The lowest BCUT2D eigenvalue weighted by molar-refractivity contribution is 0.872. The second kappa shape index (κ2) is 3.86. The molecule has 0 radical (unpaired) electrons. The van der Waals surface area contributed by atoms with E-state index >= 15 is 0 Å². The topological polar surface area (TPSA) is 80.5 Å². The van der Waals surface area contributed by atoms with Crippen molar-refractivity contribution in [3.8, 4) is 11.9 Å². The van der Waals surface area contributed by atoms with Crippen molar-refractivity contribution in [1.29, 1.82) is 5.26 Å². The fourth-order valence-electron chi connectivity index (χ4n) is 1.82. The van der Waals surface area contributed by atoms with Gasteiger partial charge in [-0.15, -0.1) is 0 Å². The van der Waals surface area contributed by atoms with Gasteiger partial charge in [-0.1, -0.05) is 18.2 Å². The van der Waals surface area contributed by atoms with Crippen LogP contribution in [0.25, 0.3) is 16.7 Å². The molecule has 2 aromatic heterocycles. The van der Waals surface area contributed by atoms with Gasteiger partial charge in [0.1, 0.15) is 6.07 Å². The second-order valence-electron chi connectivity index (χ2n) is 3.83. The van der Waals surface area contributed by atoms with Crippen LogP contribution in [0, 0.1) is 11.3 Å². The fraction of sp³-hybridized carbons (Fsp3) is 0. The number of nitriles is 1. The number of para-hydroxylation sites is 1. The van der Waals surface area contributed by atoms with E-state index in [1.807, 2.05) is 30.3 Å². The second-order valence-corrected chi connectivity index (χ2v) is 3.83. The number of nitrogens with zero attached hydrogens (tertiary/aromatic N) is 4. The number of nitrogens with two attached hydrogens (primary N) is 1. The van der Waals surface area contributed by atoms with E-state index in [-0.39, 0.29) is 5.69 Å². The zero-order valence-corrected chi connectivity index (χ0v) is 9.41. The summed E-state index contributed by atoms with van der Waals surface area (Å²) >= 11 is 0. The minimum atomic E-state index is 0.215. The molecular formula is C13H9N5. The molecule has 1 aromatic carbocycles. The van der Waals surface area contributed by atoms with Crippen molar-refractivity contribution >= 4 is 16.6 Å². The van der Waals surface area contributed by atoms with Crippen molar-refractivity contribution < 1.29 is 0 Å². The fourth-order valence-corrected chi connectivity index (χ4v) is 1.82. The molecule has 3 rings (SSSR count). The Labute approximate surface area is 103 Å². The molecular weight excluding hydrogens is 226 g/mol. The van der Waals surface area contributed by atoms with Crippen LogP contribution in [0.5, 0.6) is 0 Å². The van der Waals surface area contributed by atoms with Gasteiger partial charge in [0.25, 0.3) is 0 Å². The van der Waals surface area contributed by atoms with Gasteiger partial charge in [0.15, 0.2) is 11.5 Å². The Morgan fingerprint density at radius 2 is 2.00 bits per heavy atom. The predicted molar refractivity (Wildman–Crippen MR) is 68.0 cm³/mol. The van der Waals surface area contributed by atoms with E-state index in [9.17, 15) is 0 Å². The third-order valence-corrected chi connectivity index (χ3v) is 2.71. The van der Waals surface area contributed by atoms with Gasteiger partial charge in [0.2, 0.25) is 0 Å². The van der Waals surface area contributed by atoms with Crippen molar-refractivity contribution in [3.05, 3.63) is 48.3 Å². The average Bonchev–Trinajstić information content (AvgIpc) is 2.83. The molecule has 0 fully saturated rings. The Hall–Kier alpha value is -2.87. The normalized spacial score (nSPS) is 10.4. The molecule has 0 aliphatic carbocycles. The third-order valence-electron chi connectivity index (χ3n) is 2.71.